The first-order valence-electron chi connectivity index (χ1n) is 6.18. The van der Waals surface area contributed by atoms with Crippen LogP contribution < -0.4 is 10.6 Å². The van der Waals surface area contributed by atoms with E-state index in [-0.39, 0.29) is 0 Å². The molecular weight excluding hydrogens is 264 g/mol. The summed E-state index contributed by atoms with van der Waals surface area (Å²) in [6, 6.07) is 0. The van der Waals surface area contributed by atoms with Crippen molar-refractivity contribution in [3.8, 4) is 0 Å². The number of nitrogens with one attached hydrogen (secondary N) is 2. The predicted molar refractivity (Wildman–Crippen MR) is 82.9 cm³/mol. The molecule has 6 heteroatoms. The third-order valence-electron chi connectivity index (χ3n) is 2.25. The second-order valence-electron chi connectivity index (χ2n) is 3.79. The van der Waals surface area contributed by atoms with Crippen LogP contribution in [-0.2, 0) is 6.42 Å². The van der Waals surface area contributed by atoms with Crippen molar-refractivity contribution in [1.82, 2.24) is 15.6 Å². The molecule has 0 saturated heterocycles. The summed E-state index contributed by atoms with van der Waals surface area (Å²) < 4.78 is 0. The summed E-state index contributed by atoms with van der Waals surface area (Å²) >= 11 is 3.52. The van der Waals surface area contributed by atoms with Crippen LogP contribution in [0.5, 0.6) is 0 Å². The molecule has 0 aromatic carbocycles. The van der Waals surface area contributed by atoms with Crippen molar-refractivity contribution in [3.05, 3.63) is 16.1 Å². The average molecular weight is 286 g/mol. The van der Waals surface area contributed by atoms with E-state index >= 15 is 0 Å². The lowest BCUT2D eigenvalue weighted by molar-refractivity contribution is 0.794. The number of hydrogen-bond acceptors (Lipinski definition) is 4. The maximum atomic E-state index is 4.50. The molecule has 1 aromatic heterocycles. The monoisotopic (exact) mass is 286 g/mol. The number of aromatic nitrogens is 1. The van der Waals surface area contributed by atoms with Crippen molar-refractivity contribution in [2.24, 2.45) is 4.99 Å². The highest BCUT2D eigenvalue weighted by molar-refractivity contribution is 7.98. The van der Waals surface area contributed by atoms with E-state index in [1.54, 1.807) is 11.3 Å². The molecule has 102 valence electrons. The molecule has 2 N–H and O–H groups in total. The van der Waals surface area contributed by atoms with E-state index in [1.807, 2.05) is 18.7 Å². The van der Waals surface area contributed by atoms with Gasteiger partial charge in [-0.2, -0.15) is 11.8 Å². The van der Waals surface area contributed by atoms with Crippen LogP contribution in [0, 0.1) is 6.92 Å². The summed E-state index contributed by atoms with van der Waals surface area (Å²) in [4.78, 5) is 8.94. The Morgan fingerprint density at radius 3 is 2.94 bits per heavy atom. The molecular formula is C12H22N4S2. The molecule has 0 aliphatic carbocycles. The van der Waals surface area contributed by atoms with Crippen LogP contribution in [0.4, 0.5) is 0 Å². The van der Waals surface area contributed by atoms with Gasteiger partial charge in [0.2, 0.25) is 0 Å². The molecule has 0 radical (unpaired) electrons. The van der Waals surface area contributed by atoms with Crippen LogP contribution in [0.1, 0.15) is 17.6 Å². The summed E-state index contributed by atoms with van der Waals surface area (Å²) in [6.45, 7) is 6.73. The molecule has 1 rings (SSSR count). The summed E-state index contributed by atoms with van der Waals surface area (Å²) in [5, 5.41) is 9.83. The van der Waals surface area contributed by atoms with E-state index in [1.165, 1.54) is 0 Å². The average Bonchev–Trinajstić information content (AvgIpc) is 2.75. The van der Waals surface area contributed by atoms with Crippen LogP contribution in [0.3, 0.4) is 0 Å². The smallest absolute Gasteiger partial charge is 0.191 e. The second-order valence-corrected chi connectivity index (χ2v) is 5.84. The molecule has 0 amide bonds. The molecule has 0 aliphatic heterocycles. The van der Waals surface area contributed by atoms with Crippen molar-refractivity contribution >= 4 is 29.1 Å². The Labute approximate surface area is 118 Å². The van der Waals surface area contributed by atoms with Crippen molar-refractivity contribution in [2.45, 2.75) is 20.3 Å². The highest BCUT2D eigenvalue weighted by Crippen LogP contribution is 2.07. The van der Waals surface area contributed by atoms with Crippen molar-refractivity contribution in [2.75, 3.05) is 31.6 Å². The molecule has 18 heavy (non-hydrogen) atoms. The molecule has 0 bridgehead atoms. The van der Waals surface area contributed by atoms with E-state index in [9.17, 15) is 0 Å². The van der Waals surface area contributed by atoms with Crippen molar-refractivity contribution in [1.29, 1.82) is 0 Å². The van der Waals surface area contributed by atoms with Gasteiger partial charge in [-0.25, -0.2) is 4.98 Å². The minimum Gasteiger partial charge on any atom is -0.357 e. The Morgan fingerprint density at radius 2 is 2.33 bits per heavy atom. The van der Waals surface area contributed by atoms with Gasteiger partial charge in [-0.3, -0.25) is 4.99 Å². The van der Waals surface area contributed by atoms with E-state index < -0.39 is 0 Å². The lowest BCUT2D eigenvalue weighted by Gasteiger charge is -2.10. The van der Waals surface area contributed by atoms with Crippen LogP contribution in [0.2, 0.25) is 0 Å². The molecule has 0 spiro atoms. The van der Waals surface area contributed by atoms with Crippen LogP contribution in [-0.4, -0.2) is 42.6 Å². The Balaban J connectivity index is 2.30. The number of rotatable bonds is 7. The lowest BCUT2D eigenvalue weighted by atomic mass is 10.3. The third-order valence-corrected chi connectivity index (χ3v) is 3.66. The lowest BCUT2D eigenvalue weighted by Crippen LogP contribution is -2.38. The zero-order valence-corrected chi connectivity index (χ0v) is 13.0. The number of aliphatic imine (C=N–C) groups is 1. The standard InChI is InChI=1S/C12H22N4S2/c1-4-13-12(15-7-8-17-3)14-6-5-11-9-18-10(2)16-11/h9H,4-8H2,1-3H3,(H2,13,14,15). The minimum atomic E-state index is 0.853. The Hall–Kier alpha value is -0.750. The first-order chi connectivity index (χ1) is 8.76. The van der Waals surface area contributed by atoms with Gasteiger partial charge in [0, 0.05) is 30.6 Å². The Morgan fingerprint density at radius 1 is 1.50 bits per heavy atom. The van der Waals surface area contributed by atoms with Crippen LogP contribution in [0.15, 0.2) is 10.4 Å². The number of thiazole rings is 1. The number of aryl methyl sites for hydroxylation is 1. The van der Waals surface area contributed by atoms with Gasteiger partial charge in [0.1, 0.15) is 0 Å². The fourth-order valence-corrected chi connectivity index (χ4v) is 2.34. The summed E-state index contributed by atoms with van der Waals surface area (Å²) in [5.41, 5.74) is 1.16. The van der Waals surface area contributed by atoms with E-state index in [0.29, 0.717) is 0 Å². The van der Waals surface area contributed by atoms with E-state index in [2.05, 4.69) is 39.2 Å². The third kappa shape index (κ3) is 6.26. The van der Waals surface area contributed by atoms with Gasteiger partial charge in [0.25, 0.3) is 0 Å². The van der Waals surface area contributed by atoms with Gasteiger partial charge >= 0.3 is 0 Å². The second kappa shape index (κ2) is 9.22. The fourth-order valence-electron chi connectivity index (χ4n) is 1.42. The highest BCUT2D eigenvalue weighted by Gasteiger charge is 2.00. The normalized spacial score (nSPS) is 11.6. The van der Waals surface area contributed by atoms with Crippen LogP contribution in [0.25, 0.3) is 0 Å². The van der Waals surface area contributed by atoms with Gasteiger partial charge in [-0.05, 0) is 20.1 Å². The zero-order chi connectivity index (χ0) is 13.2. The molecule has 0 aliphatic rings. The van der Waals surface area contributed by atoms with Gasteiger partial charge in [0.05, 0.1) is 17.2 Å². The number of nitrogens with zero attached hydrogens (tertiary/aromatic N) is 2. The number of thioether (sulfide) groups is 1. The summed E-state index contributed by atoms with van der Waals surface area (Å²) in [6.07, 6.45) is 3.04. The predicted octanol–water partition coefficient (Wildman–Crippen LogP) is 1.91. The SMILES string of the molecule is CCNC(=NCCSC)NCCc1csc(C)n1. The molecule has 0 unspecified atom stereocenters. The maximum Gasteiger partial charge on any atom is 0.191 e. The fraction of sp³-hybridized carbons (Fsp3) is 0.667. The van der Waals surface area contributed by atoms with E-state index in [4.69, 9.17) is 0 Å². The minimum absolute atomic E-state index is 0.853. The van der Waals surface area contributed by atoms with Gasteiger partial charge < -0.3 is 10.6 Å². The van der Waals surface area contributed by atoms with Crippen molar-refractivity contribution in [3.63, 3.8) is 0 Å². The number of hydrogen-bond donors (Lipinski definition) is 2. The summed E-state index contributed by atoms with van der Waals surface area (Å²) in [5.74, 6) is 1.96. The van der Waals surface area contributed by atoms with Gasteiger partial charge in [-0.15, -0.1) is 11.3 Å². The number of guanidine groups is 1. The maximum absolute atomic E-state index is 4.50. The van der Waals surface area contributed by atoms with Crippen molar-refractivity contribution < 1.29 is 0 Å². The van der Waals surface area contributed by atoms with Crippen LogP contribution >= 0.6 is 23.1 Å². The van der Waals surface area contributed by atoms with Gasteiger partial charge in [0.15, 0.2) is 5.96 Å². The Bertz CT molecular complexity index is 363. The Kier molecular flexibility index (Phi) is 7.84. The molecule has 0 saturated carbocycles. The van der Waals surface area contributed by atoms with E-state index in [0.717, 1.165) is 48.5 Å². The summed E-state index contributed by atoms with van der Waals surface area (Å²) in [7, 11) is 0. The quantitative estimate of drug-likeness (QED) is 0.457. The molecule has 1 heterocycles. The molecule has 0 atom stereocenters. The molecule has 1 aromatic rings. The van der Waals surface area contributed by atoms with Gasteiger partial charge in [-0.1, -0.05) is 0 Å². The molecule has 0 fully saturated rings. The molecule has 4 nitrogen and oxygen atoms in total. The highest BCUT2D eigenvalue weighted by atomic mass is 32.2. The first-order valence-corrected chi connectivity index (χ1v) is 8.45. The first kappa shape index (κ1) is 15.3. The topological polar surface area (TPSA) is 49.3 Å². The zero-order valence-electron chi connectivity index (χ0n) is 11.3. The largest absolute Gasteiger partial charge is 0.357 e.